The summed E-state index contributed by atoms with van der Waals surface area (Å²) < 4.78 is 0. The molecule has 0 spiro atoms. The minimum Gasteiger partial charge on any atom is -0.508 e. The zero-order valence-corrected chi connectivity index (χ0v) is 7.79. The molecule has 13 heavy (non-hydrogen) atoms. The van der Waals surface area contributed by atoms with Crippen LogP contribution in [0.1, 0.15) is 25.3 Å². The van der Waals surface area contributed by atoms with E-state index in [1.165, 1.54) is 5.56 Å². The molecule has 0 amide bonds. The molecule has 0 saturated carbocycles. The van der Waals surface area contributed by atoms with Crippen molar-refractivity contribution in [1.29, 1.82) is 0 Å². The SMILES string of the molecule is CC(=O)CCCc1ccc(O)cc1. The third-order valence-corrected chi connectivity index (χ3v) is 1.93. The highest BCUT2D eigenvalue weighted by atomic mass is 16.3. The van der Waals surface area contributed by atoms with Gasteiger partial charge in [0.25, 0.3) is 0 Å². The van der Waals surface area contributed by atoms with Gasteiger partial charge in [-0.25, -0.2) is 0 Å². The molecular weight excluding hydrogens is 164 g/mol. The second-order valence-electron chi connectivity index (χ2n) is 3.22. The van der Waals surface area contributed by atoms with Crippen molar-refractivity contribution in [2.24, 2.45) is 0 Å². The predicted molar refractivity (Wildman–Crippen MR) is 51.7 cm³/mol. The molecule has 70 valence electrons. The summed E-state index contributed by atoms with van der Waals surface area (Å²) in [6, 6.07) is 7.11. The van der Waals surface area contributed by atoms with Gasteiger partial charge in [-0.3, -0.25) is 0 Å². The fraction of sp³-hybridized carbons (Fsp3) is 0.364. The van der Waals surface area contributed by atoms with Crippen LogP contribution in [0, 0.1) is 0 Å². The van der Waals surface area contributed by atoms with Crippen LogP contribution >= 0.6 is 0 Å². The first-order valence-corrected chi connectivity index (χ1v) is 4.46. The van der Waals surface area contributed by atoms with Gasteiger partial charge in [-0.1, -0.05) is 12.1 Å². The lowest BCUT2D eigenvalue weighted by atomic mass is 10.1. The molecule has 1 aromatic carbocycles. The monoisotopic (exact) mass is 178 g/mol. The van der Waals surface area contributed by atoms with Crippen molar-refractivity contribution >= 4 is 5.78 Å². The van der Waals surface area contributed by atoms with Crippen LogP contribution in [0.25, 0.3) is 0 Å². The highest BCUT2D eigenvalue weighted by molar-refractivity contribution is 5.75. The summed E-state index contributed by atoms with van der Waals surface area (Å²) in [6.45, 7) is 1.61. The lowest BCUT2D eigenvalue weighted by Gasteiger charge is -1.99. The predicted octanol–water partition coefficient (Wildman–Crippen LogP) is 2.30. The van der Waals surface area contributed by atoms with Crippen LogP contribution in [0.2, 0.25) is 0 Å². The Bertz CT molecular complexity index is 275. The molecule has 0 saturated heterocycles. The summed E-state index contributed by atoms with van der Waals surface area (Å²) in [7, 11) is 0. The number of carbonyl (C=O) groups excluding carboxylic acids is 1. The Kier molecular flexibility index (Phi) is 3.50. The van der Waals surface area contributed by atoms with E-state index < -0.39 is 0 Å². The van der Waals surface area contributed by atoms with Gasteiger partial charge in [0.1, 0.15) is 11.5 Å². The standard InChI is InChI=1S/C11H14O2/c1-9(12)3-2-4-10-5-7-11(13)8-6-10/h5-8,13H,2-4H2,1H3. The van der Waals surface area contributed by atoms with Gasteiger partial charge in [0, 0.05) is 6.42 Å². The molecule has 0 unspecified atom stereocenters. The van der Waals surface area contributed by atoms with Crippen LogP contribution in [0.15, 0.2) is 24.3 Å². The second kappa shape index (κ2) is 4.65. The Balaban J connectivity index is 2.37. The zero-order chi connectivity index (χ0) is 9.68. The van der Waals surface area contributed by atoms with Crippen molar-refractivity contribution in [2.75, 3.05) is 0 Å². The number of phenolic OH excluding ortho intramolecular Hbond substituents is 1. The Labute approximate surface area is 78.2 Å². The molecule has 0 radical (unpaired) electrons. The van der Waals surface area contributed by atoms with Crippen molar-refractivity contribution in [3.8, 4) is 5.75 Å². The van der Waals surface area contributed by atoms with Crippen molar-refractivity contribution in [1.82, 2.24) is 0 Å². The van der Waals surface area contributed by atoms with Gasteiger partial charge in [0.15, 0.2) is 0 Å². The average molecular weight is 178 g/mol. The van der Waals surface area contributed by atoms with Crippen LogP contribution in [0.5, 0.6) is 5.75 Å². The molecule has 0 heterocycles. The third-order valence-electron chi connectivity index (χ3n) is 1.93. The molecule has 0 aliphatic heterocycles. The number of carbonyl (C=O) groups is 1. The van der Waals surface area contributed by atoms with Crippen molar-refractivity contribution in [3.05, 3.63) is 29.8 Å². The van der Waals surface area contributed by atoms with E-state index >= 15 is 0 Å². The highest BCUT2D eigenvalue weighted by Crippen LogP contribution is 2.11. The number of ketones is 1. The molecule has 0 aliphatic rings. The maximum Gasteiger partial charge on any atom is 0.129 e. The summed E-state index contributed by atoms with van der Waals surface area (Å²) in [5.41, 5.74) is 1.17. The van der Waals surface area contributed by atoms with E-state index in [1.807, 2.05) is 12.1 Å². The Morgan fingerprint density at radius 3 is 2.46 bits per heavy atom. The fourth-order valence-corrected chi connectivity index (χ4v) is 1.20. The largest absolute Gasteiger partial charge is 0.508 e. The Morgan fingerprint density at radius 1 is 1.31 bits per heavy atom. The van der Waals surface area contributed by atoms with Gasteiger partial charge in [-0.05, 0) is 37.5 Å². The summed E-state index contributed by atoms with van der Waals surface area (Å²) in [6.07, 6.45) is 2.43. The molecular formula is C11H14O2. The summed E-state index contributed by atoms with van der Waals surface area (Å²) in [5, 5.41) is 9.02. The van der Waals surface area contributed by atoms with Gasteiger partial charge in [-0.15, -0.1) is 0 Å². The van der Waals surface area contributed by atoms with E-state index in [0.29, 0.717) is 6.42 Å². The number of Topliss-reactive ketones (excluding diaryl/α,β-unsaturated/α-hetero) is 1. The minimum absolute atomic E-state index is 0.235. The number of hydrogen-bond donors (Lipinski definition) is 1. The molecule has 0 aromatic heterocycles. The number of benzene rings is 1. The number of rotatable bonds is 4. The minimum atomic E-state index is 0.235. The molecule has 1 rings (SSSR count). The first-order valence-electron chi connectivity index (χ1n) is 4.46. The quantitative estimate of drug-likeness (QED) is 0.768. The van der Waals surface area contributed by atoms with Crippen LogP contribution in [0.3, 0.4) is 0 Å². The summed E-state index contributed by atoms with van der Waals surface area (Å²) in [4.78, 5) is 10.6. The van der Waals surface area contributed by atoms with E-state index in [-0.39, 0.29) is 11.5 Å². The third kappa shape index (κ3) is 3.74. The fourth-order valence-electron chi connectivity index (χ4n) is 1.20. The van der Waals surface area contributed by atoms with Gasteiger partial charge in [0.05, 0.1) is 0 Å². The molecule has 0 fully saturated rings. The summed E-state index contributed by atoms with van der Waals surface area (Å²) in [5.74, 6) is 0.522. The second-order valence-corrected chi connectivity index (χ2v) is 3.22. The maximum atomic E-state index is 10.6. The van der Waals surface area contributed by atoms with Crippen molar-refractivity contribution in [2.45, 2.75) is 26.2 Å². The van der Waals surface area contributed by atoms with E-state index in [2.05, 4.69) is 0 Å². The van der Waals surface area contributed by atoms with Crippen LogP contribution in [-0.2, 0) is 11.2 Å². The number of aromatic hydroxyl groups is 1. The topological polar surface area (TPSA) is 37.3 Å². The van der Waals surface area contributed by atoms with Crippen LogP contribution in [0.4, 0.5) is 0 Å². The van der Waals surface area contributed by atoms with Crippen LogP contribution < -0.4 is 0 Å². The average Bonchev–Trinajstić information content (AvgIpc) is 2.08. The van der Waals surface area contributed by atoms with Crippen molar-refractivity contribution in [3.63, 3.8) is 0 Å². The van der Waals surface area contributed by atoms with Gasteiger partial charge in [-0.2, -0.15) is 0 Å². The molecule has 1 N–H and O–H groups in total. The molecule has 2 nitrogen and oxygen atoms in total. The normalized spacial score (nSPS) is 9.92. The van der Waals surface area contributed by atoms with E-state index in [0.717, 1.165) is 12.8 Å². The summed E-state index contributed by atoms with van der Waals surface area (Å²) >= 11 is 0. The van der Waals surface area contributed by atoms with Gasteiger partial charge >= 0.3 is 0 Å². The van der Waals surface area contributed by atoms with E-state index in [9.17, 15) is 4.79 Å². The smallest absolute Gasteiger partial charge is 0.129 e. The van der Waals surface area contributed by atoms with Gasteiger partial charge in [0.2, 0.25) is 0 Å². The first-order chi connectivity index (χ1) is 6.18. The van der Waals surface area contributed by atoms with E-state index in [4.69, 9.17) is 5.11 Å². The lowest BCUT2D eigenvalue weighted by molar-refractivity contribution is -0.117. The molecule has 1 aromatic rings. The Hall–Kier alpha value is -1.31. The lowest BCUT2D eigenvalue weighted by Crippen LogP contribution is -1.92. The molecule has 0 atom stereocenters. The van der Waals surface area contributed by atoms with E-state index in [1.54, 1.807) is 19.1 Å². The number of phenols is 1. The molecule has 0 bridgehead atoms. The molecule has 2 heteroatoms. The number of aryl methyl sites for hydroxylation is 1. The number of hydrogen-bond acceptors (Lipinski definition) is 2. The van der Waals surface area contributed by atoms with Crippen LogP contribution in [-0.4, -0.2) is 10.9 Å². The Morgan fingerprint density at radius 2 is 1.92 bits per heavy atom. The molecule has 0 aliphatic carbocycles. The zero-order valence-electron chi connectivity index (χ0n) is 7.79. The van der Waals surface area contributed by atoms with Gasteiger partial charge < -0.3 is 9.90 Å². The highest BCUT2D eigenvalue weighted by Gasteiger charge is 1.96. The first kappa shape index (κ1) is 9.78. The van der Waals surface area contributed by atoms with Crippen molar-refractivity contribution < 1.29 is 9.90 Å². The maximum absolute atomic E-state index is 10.6.